The third-order valence-electron chi connectivity index (χ3n) is 4.36. The van der Waals surface area contributed by atoms with Gasteiger partial charge in [-0.05, 0) is 30.7 Å². The first-order chi connectivity index (χ1) is 12.2. The number of ether oxygens (including phenoxy) is 1. The monoisotopic (exact) mass is 341 g/mol. The molecule has 1 fully saturated rings. The lowest BCUT2D eigenvalue weighted by Crippen LogP contribution is -2.49. The molecule has 0 spiro atoms. The number of piperazine rings is 1. The van der Waals surface area contributed by atoms with E-state index in [1.807, 2.05) is 42.2 Å². The van der Waals surface area contributed by atoms with Crippen LogP contribution < -0.4 is 15.2 Å². The quantitative estimate of drug-likeness (QED) is 0.898. The summed E-state index contributed by atoms with van der Waals surface area (Å²) in [5, 5.41) is 0. The van der Waals surface area contributed by atoms with Gasteiger partial charge in [0.15, 0.2) is 0 Å². The highest BCUT2D eigenvalue weighted by Gasteiger charge is 2.21. The Morgan fingerprint density at radius 2 is 1.80 bits per heavy atom. The van der Waals surface area contributed by atoms with Gasteiger partial charge in [0.2, 0.25) is 11.5 Å². The van der Waals surface area contributed by atoms with Crippen LogP contribution >= 0.6 is 0 Å². The summed E-state index contributed by atoms with van der Waals surface area (Å²) in [6.07, 6.45) is 2.13. The Balaban J connectivity index is 1.52. The maximum Gasteiger partial charge on any atom is 0.248 e. The summed E-state index contributed by atoms with van der Waals surface area (Å²) in [7, 11) is 0. The predicted octanol–water partition coefficient (Wildman–Crippen LogP) is 1.66. The van der Waals surface area contributed by atoms with Gasteiger partial charge in [-0.2, -0.15) is 0 Å². The van der Waals surface area contributed by atoms with Crippen molar-refractivity contribution >= 4 is 11.6 Å². The van der Waals surface area contributed by atoms with Crippen LogP contribution in [0.15, 0.2) is 47.4 Å². The van der Waals surface area contributed by atoms with Gasteiger partial charge in [-0.1, -0.05) is 12.1 Å². The molecule has 1 aromatic heterocycles. The molecular formula is C19H23N3O3. The molecular weight excluding hydrogens is 318 g/mol. The number of rotatable bonds is 5. The first-order valence-corrected chi connectivity index (χ1v) is 8.59. The smallest absolute Gasteiger partial charge is 0.248 e. The van der Waals surface area contributed by atoms with Crippen molar-refractivity contribution in [2.45, 2.75) is 13.3 Å². The maximum atomic E-state index is 12.5. The van der Waals surface area contributed by atoms with E-state index >= 15 is 0 Å². The van der Waals surface area contributed by atoms with Gasteiger partial charge in [0, 0.05) is 38.4 Å². The van der Waals surface area contributed by atoms with Gasteiger partial charge in [-0.15, -0.1) is 0 Å². The second-order valence-corrected chi connectivity index (χ2v) is 6.03. The average Bonchev–Trinajstić information content (AvgIpc) is 2.64. The number of hydrogen-bond acceptors (Lipinski definition) is 4. The summed E-state index contributed by atoms with van der Waals surface area (Å²) in [5.41, 5.74) is 1.88. The zero-order valence-electron chi connectivity index (χ0n) is 14.4. The van der Waals surface area contributed by atoms with Crippen molar-refractivity contribution in [3.63, 3.8) is 0 Å². The number of carbonyl (C=O) groups excluding carboxylic acids is 1. The highest BCUT2D eigenvalue weighted by molar-refractivity contribution is 5.79. The van der Waals surface area contributed by atoms with Gasteiger partial charge in [0.25, 0.3) is 0 Å². The Morgan fingerprint density at radius 1 is 1.08 bits per heavy atom. The molecule has 2 aromatic rings. The summed E-state index contributed by atoms with van der Waals surface area (Å²) >= 11 is 0. The zero-order valence-corrected chi connectivity index (χ0v) is 14.4. The van der Waals surface area contributed by atoms with Crippen LogP contribution in [0.3, 0.4) is 0 Å². The predicted molar refractivity (Wildman–Crippen MR) is 97.2 cm³/mol. The molecule has 1 aliphatic rings. The SMILES string of the molecule is CCOc1ccc(CC(=O)N2CCN(c3ccc(=O)[nH]c3)CC2)cc1. The molecule has 25 heavy (non-hydrogen) atoms. The third-order valence-corrected chi connectivity index (χ3v) is 4.36. The van der Waals surface area contributed by atoms with E-state index in [0.29, 0.717) is 26.1 Å². The number of H-pyrrole nitrogens is 1. The molecule has 1 saturated heterocycles. The van der Waals surface area contributed by atoms with E-state index in [2.05, 4.69) is 9.88 Å². The van der Waals surface area contributed by atoms with Gasteiger partial charge in [0.05, 0.1) is 18.7 Å². The average molecular weight is 341 g/mol. The molecule has 1 aliphatic heterocycles. The van der Waals surface area contributed by atoms with Crippen molar-refractivity contribution in [1.29, 1.82) is 0 Å². The van der Waals surface area contributed by atoms with Crippen LogP contribution in [-0.2, 0) is 11.2 Å². The Hall–Kier alpha value is -2.76. The van der Waals surface area contributed by atoms with Crippen molar-refractivity contribution in [3.05, 3.63) is 58.5 Å². The third kappa shape index (κ3) is 4.41. The minimum atomic E-state index is -0.104. The molecule has 0 atom stereocenters. The number of carbonyl (C=O) groups is 1. The summed E-state index contributed by atoms with van der Waals surface area (Å²) in [5.74, 6) is 0.971. The fourth-order valence-electron chi connectivity index (χ4n) is 2.97. The van der Waals surface area contributed by atoms with Crippen LogP contribution in [0.25, 0.3) is 0 Å². The van der Waals surface area contributed by atoms with Crippen LogP contribution in [0.1, 0.15) is 12.5 Å². The summed E-state index contributed by atoms with van der Waals surface area (Å²) in [4.78, 5) is 30.4. The largest absolute Gasteiger partial charge is 0.494 e. The number of amides is 1. The first kappa shape index (κ1) is 17.1. The molecule has 0 bridgehead atoms. The lowest BCUT2D eigenvalue weighted by atomic mass is 10.1. The molecule has 1 N–H and O–H groups in total. The normalized spacial score (nSPS) is 14.4. The van der Waals surface area contributed by atoms with Crippen molar-refractivity contribution in [2.24, 2.45) is 0 Å². The molecule has 0 radical (unpaired) electrons. The molecule has 6 nitrogen and oxygen atoms in total. The number of aromatic nitrogens is 1. The van der Waals surface area contributed by atoms with E-state index in [-0.39, 0.29) is 11.5 Å². The molecule has 0 saturated carbocycles. The van der Waals surface area contributed by atoms with Crippen molar-refractivity contribution < 1.29 is 9.53 Å². The number of aromatic amines is 1. The first-order valence-electron chi connectivity index (χ1n) is 8.59. The lowest BCUT2D eigenvalue weighted by Gasteiger charge is -2.36. The van der Waals surface area contributed by atoms with Crippen molar-refractivity contribution in [3.8, 4) is 5.75 Å². The Labute approximate surface area is 147 Å². The molecule has 2 heterocycles. The topological polar surface area (TPSA) is 65.6 Å². The Bertz CT molecular complexity index is 742. The molecule has 0 aliphatic carbocycles. The number of hydrogen-bond donors (Lipinski definition) is 1. The number of anilines is 1. The molecule has 1 aromatic carbocycles. The van der Waals surface area contributed by atoms with Crippen molar-refractivity contribution in [1.82, 2.24) is 9.88 Å². The number of pyridine rings is 1. The van der Waals surface area contributed by atoms with E-state index < -0.39 is 0 Å². The molecule has 3 rings (SSSR count). The number of nitrogens with zero attached hydrogens (tertiary/aromatic N) is 2. The molecule has 6 heteroatoms. The number of nitrogens with one attached hydrogen (secondary N) is 1. The van der Waals surface area contributed by atoms with Crippen LogP contribution in [-0.4, -0.2) is 48.6 Å². The van der Waals surface area contributed by atoms with E-state index in [9.17, 15) is 9.59 Å². The summed E-state index contributed by atoms with van der Waals surface area (Å²) < 4.78 is 5.42. The Morgan fingerprint density at radius 3 is 2.40 bits per heavy atom. The fraction of sp³-hybridized carbons (Fsp3) is 0.368. The Kier molecular flexibility index (Phi) is 5.38. The van der Waals surface area contributed by atoms with Crippen LogP contribution in [0.4, 0.5) is 5.69 Å². The van der Waals surface area contributed by atoms with Crippen LogP contribution in [0, 0.1) is 0 Å². The second kappa shape index (κ2) is 7.88. The molecule has 132 valence electrons. The van der Waals surface area contributed by atoms with E-state index in [1.54, 1.807) is 6.20 Å². The van der Waals surface area contributed by atoms with Crippen molar-refractivity contribution in [2.75, 3.05) is 37.7 Å². The minimum Gasteiger partial charge on any atom is -0.494 e. The highest BCUT2D eigenvalue weighted by atomic mass is 16.5. The number of benzene rings is 1. The van der Waals surface area contributed by atoms with Gasteiger partial charge >= 0.3 is 0 Å². The highest BCUT2D eigenvalue weighted by Crippen LogP contribution is 2.16. The van der Waals surface area contributed by atoms with Gasteiger partial charge in [0.1, 0.15) is 5.75 Å². The molecule has 1 amide bonds. The minimum absolute atomic E-state index is 0.104. The fourth-order valence-corrected chi connectivity index (χ4v) is 2.97. The van der Waals surface area contributed by atoms with Gasteiger partial charge in [-0.25, -0.2) is 0 Å². The van der Waals surface area contributed by atoms with Gasteiger partial charge < -0.3 is 19.5 Å². The summed E-state index contributed by atoms with van der Waals surface area (Å²) in [6, 6.07) is 11.0. The van der Waals surface area contributed by atoms with Crippen LogP contribution in [0.5, 0.6) is 5.75 Å². The summed E-state index contributed by atoms with van der Waals surface area (Å²) in [6.45, 7) is 5.49. The standard InChI is InChI=1S/C19H23N3O3/c1-2-25-17-6-3-15(4-7-17)13-19(24)22-11-9-21(10-12-22)16-5-8-18(23)20-14-16/h3-8,14H,2,9-13H2,1H3,(H,20,23). The van der Waals surface area contributed by atoms with Crippen LogP contribution in [0.2, 0.25) is 0 Å². The second-order valence-electron chi connectivity index (χ2n) is 6.03. The zero-order chi connectivity index (χ0) is 17.6. The maximum absolute atomic E-state index is 12.5. The van der Waals surface area contributed by atoms with E-state index in [1.165, 1.54) is 6.07 Å². The van der Waals surface area contributed by atoms with E-state index in [0.717, 1.165) is 30.1 Å². The molecule has 0 unspecified atom stereocenters. The lowest BCUT2D eigenvalue weighted by molar-refractivity contribution is -0.130. The van der Waals surface area contributed by atoms with Gasteiger partial charge in [-0.3, -0.25) is 9.59 Å². The van der Waals surface area contributed by atoms with E-state index in [4.69, 9.17) is 4.74 Å².